The first kappa shape index (κ1) is 23.7. The molecule has 2 aromatic heterocycles. The van der Waals surface area contributed by atoms with Gasteiger partial charge in [-0.2, -0.15) is 4.90 Å². The molecule has 2 amide bonds. The summed E-state index contributed by atoms with van der Waals surface area (Å²) in [7, 11) is 2.09. The molecule has 3 heterocycles. The van der Waals surface area contributed by atoms with Crippen LogP contribution in [0, 0.1) is 3.57 Å². The monoisotopic (exact) mass is 543 g/mol. The Labute approximate surface area is 196 Å². The van der Waals surface area contributed by atoms with Gasteiger partial charge in [-0.25, -0.2) is 19.6 Å². The number of likely N-dealkylation sites (tertiary alicyclic amines) is 1. The van der Waals surface area contributed by atoms with Crippen molar-refractivity contribution in [3.8, 4) is 0 Å². The fourth-order valence-corrected chi connectivity index (χ4v) is 4.26. The molecule has 1 aliphatic heterocycles. The first-order valence-electron chi connectivity index (χ1n) is 10.2. The van der Waals surface area contributed by atoms with E-state index >= 15 is 0 Å². The highest BCUT2D eigenvalue weighted by atomic mass is 127. The van der Waals surface area contributed by atoms with Gasteiger partial charge in [0.05, 0.1) is 5.39 Å². The molecule has 0 radical (unpaired) electrons. The molecule has 31 heavy (non-hydrogen) atoms. The highest BCUT2D eigenvalue weighted by Crippen LogP contribution is 2.34. The van der Waals surface area contributed by atoms with Gasteiger partial charge in [-0.3, -0.25) is 0 Å². The van der Waals surface area contributed by atoms with Crippen LogP contribution >= 0.6 is 22.6 Å². The van der Waals surface area contributed by atoms with Crippen molar-refractivity contribution < 1.29 is 19.1 Å². The molecular formula is C21H30IN5O4. The van der Waals surface area contributed by atoms with Gasteiger partial charge in [0.25, 0.3) is 0 Å². The number of anilines is 1. The quantitative estimate of drug-likeness (QED) is 0.512. The van der Waals surface area contributed by atoms with E-state index in [0.717, 1.165) is 28.0 Å². The number of nitrogens with zero attached hydrogens (tertiary/aromatic N) is 5. The fraction of sp³-hybridized carbons (Fsp3) is 0.619. The van der Waals surface area contributed by atoms with E-state index in [2.05, 4.69) is 49.1 Å². The molecule has 10 heteroatoms. The van der Waals surface area contributed by atoms with E-state index in [0.29, 0.717) is 11.0 Å². The van der Waals surface area contributed by atoms with Crippen molar-refractivity contribution in [3.63, 3.8) is 0 Å². The summed E-state index contributed by atoms with van der Waals surface area (Å²) < 4.78 is 14.0. The second-order valence-corrected chi connectivity index (χ2v) is 10.9. The SMILES string of the molecule is CN1CCC(n2cc(I)c3c(N(C(=O)OC(C)(C)C)C(=O)OC(C)(C)C)ncnc32)C1. The predicted octanol–water partition coefficient (Wildman–Crippen LogP) is 4.59. The first-order valence-corrected chi connectivity index (χ1v) is 11.3. The lowest BCUT2D eigenvalue weighted by molar-refractivity contribution is 0.0429. The molecular weight excluding hydrogens is 513 g/mol. The van der Waals surface area contributed by atoms with Gasteiger partial charge in [0.1, 0.15) is 23.2 Å². The number of hydrogen-bond acceptors (Lipinski definition) is 7. The molecule has 9 nitrogen and oxygen atoms in total. The molecule has 0 N–H and O–H groups in total. The van der Waals surface area contributed by atoms with Crippen LogP contribution in [0.5, 0.6) is 0 Å². The van der Waals surface area contributed by atoms with Crippen molar-refractivity contribution in [2.45, 2.75) is 65.2 Å². The zero-order valence-electron chi connectivity index (χ0n) is 19.1. The summed E-state index contributed by atoms with van der Waals surface area (Å²) in [5, 5.41) is 0.620. The number of likely N-dealkylation sites (N-methyl/N-ethyl adjacent to an activating group) is 1. The lowest BCUT2D eigenvalue weighted by Crippen LogP contribution is -2.44. The molecule has 0 aromatic carbocycles. The minimum Gasteiger partial charge on any atom is -0.443 e. The molecule has 1 unspecified atom stereocenters. The average molecular weight is 543 g/mol. The van der Waals surface area contributed by atoms with E-state index in [4.69, 9.17) is 9.47 Å². The second-order valence-electron chi connectivity index (χ2n) is 9.78. The van der Waals surface area contributed by atoms with Crippen molar-refractivity contribution >= 4 is 51.6 Å². The number of rotatable bonds is 2. The van der Waals surface area contributed by atoms with Gasteiger partial charge in [-0.15, -0.1) is 0 Å². The van der Waals surface area contributed by atoms with Crippen molar-refractivity contribution in [3.05, 3.63) is 16.1 Å². The van der Waals surface area contributed by atoms with Crippen LogP contribution in [0.2, 0.25) is 0 Å². The van der Waals surface area contributed by atoms with Gasteiger partial charge in [0, 0.05) is 22.4 Å². The van der Waals surface area contributed by atoms with Crippen LogP contribution in [0.25, 0.3) is 11.0 Å². The van der Waals surface area contributed by atoms with Crippen LogP contribution in [0.4, 0.5) is 15.4 Å². The van der Waals surface area contributed by atoms with Gasteiger partial charge in [-0.1, -0.05) is 0 Å². The largest absolute Gasteiger partial charge is 0.443 e. The minimum atomic E-state index is -0.842. The summed E-state index contributed by atoms with van der Waals surface area (Å²) in [5.74, 6) is 0.156. The summed E-state index contributed by atoms with van der Waals surface area (Å²) in [6.45, 7) is 12.3. The molecule has 170 valence electrons. The molecule has 2 aromatic rings. The Kier molecular flexibility index (Phi) is 6.52. The number of aromatic nitrogens is 3. The van der Waals surface area contributed by atoms with Crippen LogP contribution < -0.4 is 4.90 Å². The van der Waals surface area contributed by atoms with E-state index in [-0.39, 0.29) is 11.9 Å². The molecule has 1 saturated heterocycles. The van der Waals surface area contributed by atoms with Crippen LogP contribution in [0.15, 0.2) is 12.5 Å². The van der Waals surface area contributed by atoms with Crippen LogP contribution in [0.3, 0.4) is 0 Å². The minimum absolute atomic E-state index is 0.156. The number of imide groups is 1. The third kappa shape index (κ3) is 5.46. The molecule has 0 spiro atoms. The number of carbonyl (C=O) groups is 2. The maximum absolute atomic E-state index is 13.1. The van der Waals surface area contributed by atoms with Crippen LogP contribution in [-0.2, 0) is 9.47 Å². The molecule has 0 saturated carbocycles. The van der Waals surface area contributed by atoms with Crippen molar-refractivity contribution in [1.29, 1.82) is 0 Å². The third-order valence-corrected chi connectivity index (χ3v) is 5.48. The normalized spacial score (nSPS) is 17.7. The summed E-state index contributed by atoms with van der Waals surface area (Å²) in [4.78, 5) is 38.1. The Bertz CT molecular complexity index is 964. The number of amides is 2. The molecule has 1 fully saturated rings. The van der Waals surface area contributed by atoms with Gasteiger partial charge in [-0.05, 0) is 84.1 Å². The highest BCUT2D eigenvalue weighted by molar-refractivity contribution is 14.1. The zero-order valence-corrected chi connectivity index (χ0v) is 21.3. The van der Waals surface area contributed by atoms with E-state index in [1.165, 1.54) is 6.33 Å². The van der Waals surface area contributed by atoms with E-state index < -0.39 is 23.4 Å². The van der Waals surface area contributed by atoms with Gasteiger partial charge >= 0.3 is 12.2 Å². The molecule has 1 atom stereocenters. The molecule has 0 bridgehead atoms. The summed E-state index contributed by atoms with van der Waals surface area (Å²) in [5.41, 5.74) is -0.916. The third-order valence-electron chi connectivity index (χ3n) is 4.67. The lowest BCUT2D eigenvalue weighted by atomic mass is 10.2. The summed E-state index contributed by atoms with van der Waals surface area (Å²) in [6.07, 6.45) is 2.68. The van der Waals surface area contributed by atoms with Gasteiger partial charge in [0.2, 0.25) is 0 Å². The Morgan fingerprint density at radius 2 is 1.68 bits per heavy atom. The van der Waals surface area contributed by atoms with E-state index in [9.17, 15) is 9.59 Å². The standard InChI is InChI=1S/C21H30IN5O4/c1-20(2,3)30-18(28)27(19(29)31-21(4,5)6)17-15-14(22)11-26(16(15)23-12-24-17)13-8-9-25(7)10-13/h11-13H,8-10H2,1-7H3. The molecule has 3 rings (SSSR count). The maximum Gasteiger partial charge on any atom is 0.425 e. The Hall–Kier alpha value is -1.95. The topological polar surface area (TPSA) is 89.8 Å². The number of hydrogen-bond donors (Lipinski definition) is 0. The van der Waals surface area contributed by atoms with Gasteiger partial charge < -0.3 is 18.9 Å². The predicted molar refractivity (Wildman–Crippen MR) is 126 cm³/mol. The number of ether oxygens (including phenoxy) is 2. The smallest absolute Gasteiger partial charge is 0.425 e. The number of halogens is 1. The van der Waals surface area contributed by atoms with E-state index in [1.54, 1.807) is 41.5 Å². The van der Waals surface area contributed by atoms with Crippen molar-refractivity contribution in [2.24, 2.45) is 0 Å². The summed E-state index contributed by atoms with van der Waals surface area (Å²) in [6, 6.07) is 0.260. The van der Waals surface area contributed by atoms with Crippen molar-refractivity contribution in [1.82, 2.24) is 19.4 Å². The maximum atomic E-state index is 13.1. The first-order chi connectivity index (χ1) is 14.3. The van der Waals surface area contributed by atoms with Crippen LogP contribution in [0.1, 0.15) is 54.0 Å². The highest BCUT2D eigenvalue weighted by Gasteiger charge is 2.36. The molecule has 0 aliphatic carbocycles. The second kappa shape index (κ2) is 8.53. The Morgan fingerprint density at radius 3 is 2.16 bits per heavy atom. The Balaban J connectivity index is 2.12. The molecule has 1 aliphatic rings. The number of carbonyl (C=O) groups excluding carboxylic acids is 2. The average Bonchev–Trinajstić information content (AvgIpc) is 3.16. The Morgan fingerprint density at radius 1 is 1.10 bits per heavy atom. The van der Waals surface area contributed by atoms with Gasteiger partial charge in [0.15, 0.2) is 5.82 Å². The fourth-order valence-electron chi connectivity index (χ4n) is 3.47. The van der Waals surface area contributed by atoms with Crippen LogP contribution in [-0.4, -0.2) is 63.0 Å². The van der Waals surface area contributed by atoms with E-state index in [1.807, 2.05) is 6.20 Å². The lowest BCUT2D eigenvalue weighted by Gasteiger charge is -2.28. The van der Waals surface area contributed by atoms with Crippen molar-refractivity contribution in [2.75, 3.05) is 25.0 Å². The zero-order chi connectivity index (χ0) is 23.1. The summed E-state index contributed by atoms with van der Waals surface area (Å²) >= 11 is 2.19. The number of fused-ring (bicyclic) bond motifs is 1.